The van der Waals surface area contributed by atoms with Gasteiger partial charge in [0.2, 0.25) is 0 Å². The Balaban J connectivity index is 1.27. The van der Waals surface area contributed by atoms with Crippen LogP contribution < -0.4 is 0 Å². The van der Waals surface area contributed by atoms with E-state index in [0.29, 0.717) is 18.3 Å². The van der Waals surface area contributed by atoms with Gasteiger partial charge in [-0.05, 0) is 130 Å². The third-order valence-corrected chi connectivity index (χ3v) is 15.4. The number of ketones is 1. The van der Waals surface area contributed by atoms with Gasteiger partial charge < -0.3 is 9.47 Å². The van der Waals surface area contributed by atoms with E-state index in [1.54, 1.807) is 0 Å². The third-order valence-electron chi connectivity index (χ3n) is 15.4. The molecule has 0 amide bonds. The first-order chi connectivity index (χ1) is 21.0. The summed E-state index contributed by atoms with van der Waals surface area (Å²) in [5.41, 5.74) is 0.361. The Bertz CT molecular complexity index is 1250. The number of allylic oxidation sites excluding steroid dienone is 2. The molecule has 5 fully saturated rings. The average Bonchev–Trinajstić information content (AvgIpc) is 2.97. The zero-order chi connectivity index (χ0) is 32.6. The summed E-state index contributed by atoms with van der Waals surface area (Å²) in [6, 6.07) is 0. The molecule has 5 aliphatic carbocycles. The van der Waals surface area contributed by atoms with Crippen LogP contribution in [0.5, 0.6) is 0 Å². The molecule has 0 aromatic carbocycles. The number of nitrogens with zero attached hydrogens (tertiary/aromatic N) is 1. The predicted octanol–water partition coefficient (Wildman–Crippen LogP) is 7.93. The van der Waals surface area contributed by atoms with Crippen LogP contribution in [0.1, 0.15) is 132 Å². The molecule has 6 aliphatic rings. The molecule has 45 heavy (non-hydrogen) atoms. The van der Waals surface area contributed by atoms with Gasteiger partial charge in [0.05, 0.1) is 5.41 Å². The largest absolute Gasteiger partial charge is 0.464 e. The lowest BCUT2D eigenvalue weighted by atomic mass is 9.33. The highest BCUT2D eigenvalue weighted by Gasteiger charge is 2.70. The van der Waals surface area contributed by atoms with E-state index < -0.39 is 5.41 Å². The molecule has 0 bridgehead atoms. The van der Waals surface area contributed by atoms with Gasteiger partial charge in [0.25, 0.3) is 0 Å². The standard InChI is InChI=1S/C39H61NO5/c1-26(41)45-31-13-14-37(6)30(34(31,2)3)12-15-39(8)32(37)29(42)24-27-28-25-36(5,17-16-35(28,4)18-19-38(27,39)7)33(43)44-23-22-40-20-10-9-11-21-40/h24,28,30-32H,9-23,25H2,1-8H3/t28-,30-,31+,32-,35-,36+,37-,38+,39-/m1/s1. The molecule has 1 saturated heterocycles. The molecular weight excluding hydrogens is 562 g/mol. The summed E-state index contributed by atoms with van der Waals surface area (Å²) in [6.07, 6.45) is 14.4. The number of esters is 2. The van der Waals surface area contributed by atoms with Crippen molar-refractivity contribution in [1.82, 2.24) is 4.90 Å². The van der Waals surface area contributed by atoms with Crippen LogP contribution in [0.3, 0.4) is 0 Å². The van der Waals surface area contributed by atoms with Crippen LogP contribution in [0.4, 0.5) is 0 Å². The van der Waals surface area contributed by atoms with Crippen LogP contribution in [-0.2, 0) is 23.9 Å². The van der Waals surface area contributed by atoms with Crippen molar-refractivity contribution in [2.75, 3.05) is 26.2 Å². The van der Waals surface area contributed by atoms with Crippen molar-refractivity contribution in [3.63, 3.8) is 0 Å². The monoisotopic (exact) mass is 623 g/mol. The highest BCUT2D eigenvalue weighted by Crippen LogP contribution is 2.75. The second-order valence-electron chi connectivity index (χ2n) is 18.2. The molecular formula is C39H61NO5. The SMILES string of the molecule is CC(=O)O[C@H]1CC[C@]2(C)[C@H](CC[C@]3(C)[C@@H]2C(=O)C=C2[C@H]4C[C@@](C)(C(=O)OCCN5CCCCC5)CC[C@]4(C)CC[C@@]23C)C1(C)C. The summed E-state index contributed by atoms with van der Waals surface area (Å²) in [5.74, 6) is 0.541. The van der Waals surface area contributed by atoms with Crippen molar-refractivity contribution in [1.29, 1.82) is 0 Å². The quantitative estimate of drug-likeness (QED) is 0.290. The Kier molecular flexibility index (Phi) is 8.26. The fraction of sp³-hybridized carbons (Fsp3) is 0.872. The van der Waals surface area contributed by atoms with Crippen molar-refractivity contribution < 1.29 is 23.9 Å². The van der Waals surface area contributed by atoms with Crippen molar-refractivity contribution in [2.45, 2.75) is 139 Å². The fourth-order valence-corrected chi connectivity index (χ4v) is 12.4. The number of carbonyl (C=O) groups excluding carboxylic acids is 3. The first kappa shape index (κ1) is 33.2. The van der Waals surface area contributed by atoms with Gasteiger partial charge in [-0.15, -0.1) is 0 Å². The molecule has 6 heteroatoms. The lowest BCUT2D eigenvalue weighted by Crippen LogP contribution is -2.66. The Morgan fingerprint density at radius 3 is 2.27 bits per heavy atom. The molecule has 1 heterocycles. The topological polar surface area (TPSA) is 72.9 Å². The number of hydrogen-bond donors (Lipinski definition) is 0. The maximum Gasteiger partial charge on any atom is 0.311 e. The van der Waals surface area contributed by atoms with Crippen LogP contribution in [0.15, 0.2) is 11.6 Å². The smallest absolute Gasteiger partial charge is 0.311 e. The zero-order valence-corrected chi connectivity index (χ0v) is 29.7. The second-order valence-corrected chi connectivity index (χ2v) is 18.2. The number of piperidine rings is 1. The summed E-state index contributed by atoms with van der Waals surface area (Å²) in [7, 11) is 0. The molecule has 252 valence electrons. The minimum atomic E-state index is -0.519. The van der Waals surface area contributed by atoms with Gasteiger partial charge in [0.15, 0.2) is 5.78 Å². The Morgan fingerprint density at radius 2 is 1.58 bits per heavy atom. The van der Waals surface area contributed by atoms with Crippen LogP contribution in [0, 0.1) is 50.2 Å². The molecule has 6 rings (SSSR count). The Hall–Kier alpha value is -1.69. The fourth-order valence-electron chi connectivity index (χ4n) is 12.4. The highest BCUT2D eigenvalue weighted by molar-refractivity contribution is 5.95. The molecule has 0 aromatic rings. The summed E-state index contributed by atoms with van der Waals surface area (Å²) < 4.78 is 11.9. The molecule has 0 spiro atoms. The van der Waals surface area contributed by atoms with Gasteiger partial charge in [0, 0.05) is 24.8 Å². The van der Waals surface area contributed by atoms with Gasteiger partial charge in [0.1, 0.15) is 12.7 Å². The summed E-state index contributed by atoms with van der Waals surface area (Å²) in [6.45, 7) is 21.4. The summed E-state index contributed by atoms with van der Waals surface area (Å²) >= 11 is 0. The van der Waals surface area contributed by atoms with E-state index >= 15 is 0 Å². The lowest BCUT2D eigenvalue weighted by molar-refractivity contribution is -0.210. The van der Waals surface area contributed by atoms with Crippen LogP contribution in [0.25, 0.3) is 0 Å². The molecule has 1 aliphatic heterocycles. The van der Waals surface area contributed by atoms with Crippen LogP contribution >= 0.6 is 0 Å². The minimum absolute atomic E-state index is 0.0412. The normalized spacial score (nSPS) is 46.0. The molecule has 4 saturated carbocycles. The van der Waals surface area contributed by atoms with Gasteiger partial charge in [-0.1, -0.05) is 53.5 Å². The molecule has 6 nitrogen and oxygen atoms in total. The van der Waals surface area contributed by atoms with E-state index in [9.17, 15) is 14.4 Å². The molecule has 0 aromatic heterocycles. The molecule has 9 atom stereocenters. The van der Waals surface area contributed by atoms with Crippen LogP contribution in [-0.4, -0.2) is 55.0 Å². The first-order valence-electron chi connectivity index (χ1n) is 18.3. The van der Waals surface area contributed by atoms with E-state index in [-0.39, 0.29) is 57.0 Å². The zero-order valence-electron chi connectivity index (χ0n) is 29.7. The van der Waals surface area contributed by atoms with Gasteiger partial charge in [-0.3, -0.25) is 19.3 Å². The number of carbonyl (C=O) groups is 3. The molecule has 0 radical (unpaired) electrons. The van der Waals surface area contributed by atoms with Gasteiger partial charge in [-0.2, -0.15) is 0 Å². The van der Waals surface area contributed by atoms with E-state index in [1.165, 1.54) is 31.8 Å². The Morgan fingerprint density at radius 1 is 0.889 bits per heavy atom. The highest BCUT2D eigenvalue weighted by atomic mass is 16.5. The maximum absolute atomic E-state index is 14.7. The lowest BCUT2D eigenvalue weighted by Gasteiger charge is -2.70. The van der Waals surface area contributed by atoms with Crippen molar-refractivity contribution in [2.24, 2.45) is 50.2 Å². The number of hydrogen-bond acceptors (Lipinski definition) is 6. The number of likely N-dealkylation sites (tertiary alicyclic amines) is 1. The number of ether oxygens (including phenoxy) is 2. The molecule has 0 unspecified atom stereocenters. The van der Waals surface area contributed by atoms with E-state index in [4.69, 9.17) is 9.47 Å². The van der Waals surface area contributed by atoms with Crippen molar-refractivity contribution >= 4 is 17.7 Å². The van der Waals surface area contributed by atoms with E-state index in [2.05, 4.69) is 59.4 Å². The van der Waals surface area contributed by atoms with Gasteiger partial charge in [-0.25, -0.2) is 0 Å². The van der Waals surface area contributed by atoms with Gasteiger partial charge >= 0.3 is 11.9 Å². The van der Waals surface area contributed by atoms with Crippen molar-refractivity contribution in [3.8, 4) is 0 Å². The van der Waals surface area contributed by atoms with E-state index in [1.807, 2.05) is 0 Å². The van der Waals surface area contributed by atoms with Crippen LogP contribution in [0.2, 0.25) is 0 Å². The maximum atomic E-state index is 14.7. The summed E-state index contributed by atoms with van der Waals surface area (Å²) in [4.78, 5) is 42.8. The minimum Gasteiger partial charge on any atom is -0.464 e. The molecule has 0 N–H and O–H groups in total. The third kappa shape index (κ3) is 5.08. The Labute approximate surface area is 272 Å². The summed E-state index contributed by atoms with van der Waals surface area (Å²) in [5, 5.41) is 0. The van der Waals surface area contributed by atoms with Crippen molar-refractivity contribution in [3.05, 3.63) is 11.6 Å². The predicted molar refractivity (Wildman–Crippen MR) is 176 cm³/mol. The second kappa shape index (κ2) is 11.2. The number of fused-ring (bicyclic) bond motifs is 7. The first-order valence-corrected chi connectivity index (χ1v) is 18.3. The van der Waals surface area contributed by atoms with E-state index in [0.717, 1.165) is 77.4 Å². The average molecular weight is 624 g/mol. The number of rotatable bonds is 5.